The van der Waals surface area contributed by atoms with Crippen molar-refractivity contribution >= 4 is 33.2 Å². The number of benzene rings is 1. The Morgan fingerprint density at radius 3 is 2.67 bits per heavy atom. The summed E-state index contributed by atoms with van der Waals surface area (Å²) >= 11 is 11.4. The van der Waals surface area contributed by atoms with Crippen LogP contribution in [0.3, 0.4) is 0 Å². The van der Waals surface area contributed by atoms with Crippen molar-refractivity contribution in [3.63, 3.8) is 0 Å². The van der Waals surface area contributed by atoms with Gasteiger partial charge in [0.05, 0.1) is 16.6 Å². The van der Waals surface area contributed by atoms with Gasteiger partial charge in [0.1, 0.15) is 4.90 Å². The van der Waals surface area contributed by atoms with Crippen LogP contribution in [0.2, 0.25) is 10.0 Å². The molecule has 80 valence electrons. The van der Waals surface area contributed by atoms with Crippen molar-refractivity contribution in [1.82, 2.24) is 4.72 Å². The van der Waals surface area contributed by atoms with Gasteiger partial charge in [0.25, 0.3) is 0 Å². The fourth-order valence-corrected chi connectivity index (χ4v) is 2.60. The van der Waals surface area contributed by atoms with Crippen LogP contribution in [0.5, 0.6) is 0 Å². The van der Waals surface area contributed by atoms with Crippen LogP contribution >= 0.6 is 23.2 Å². The van der Waals surface area contributed by atoms with E-state index in [0.29, 0.717) is 0 Å². The molecule has 1 aromatic rings. The van der Waals surface area contributed by atoms with Gasteiger partial charge in [-0.1, -0.05) is 35.2 Å². The molecule has 0 spiro atoms. The Labute approximate surface area is 98.4 Å². The van der Waals surface area contributed by atoms with E-state index in [1.54, 1.807) is 0 Å². The highest BCUT2D eigenvalue weighted by molar-refractivity contribution is 7.89. The molecule has 0 aliphatic carbocycles. The van der Waals surface area contributed by atoms with Crippen molar-refractivity contribution < 1.29 is 8.42 Å². The van der Waals surface area contributed by atoms with E-state index in [-0.39, 0.29) is 21.5 Å². The number of hydrogen-bond donors (Lipinski definition) is 1. The predicted molar refractivity (Wildman–Crippen MR) is 60.5 cm³/mol. The van der Waals surface area contributed by atoms with Crippen LogP contribution in [0, 0.1) is 12.3 Å². The monoisotopic (exact) mass is 263 g/mol. The van der Waals surface area contributed by atoms with Crippen LogP contribution in [0.25, 0.3) is 0 Å². The molecule has 6 heteroatoms. The molecule has 3 nitrogen and oxygen atoms in total. The van der Waals surface area contributed by atoms with Gasteiger partial charge in [0, 0.05) is 0 Å². The molecule has 0 aromatic heterocycles. The zero-order valence-corrected chi connectivity index (χ0v) is 9.83. The van der Waals surface area contributed by atoms with Crippen LogP contribution in [-0.2, 0) is 10.0 Å². The van der Waals surface area contributed by atoms with E-state index in [1.165, 1.54) is 18.2 Å². The number of terminal acetylenes is 1. The largest absolute Gasteiger partial charge is 0.242 e. The van der Waals surface area contributed by atoms with E-state index < -0.39 is 10.0 Å². The van der Waals surface area contributed by atoms with Crippen molar-refractivity contribution in [3.8, 4) is 12.3 Å². The summed E-state index contributed by atoms with van der Waals surface area (Å²) in [5.74, 6) is 2.16. The van der Waals surface area contributed by atoms with Crippen LogP contribution in [0.4, 0.5) is 0 Å². The first-order valence-electron chi connectivity index (χ1n) is 3.86. The summed E-state index contributed by atoms with van der Waals surface area (Å²) in [4.78, 5) is -0.0769. The first kappa shape index (κ1) is 12.3. The molecule has 0 bridgehead atoms. The second-order valence-corrected chi connectivity index (χ2v) is 5.10. The molecular weight excluding hydrogens is 257 g/mol. The molecule has 0 heterocycles. The second-order valence-electron chi connectivity index (χ2n) is 2.58. The molecule has 0 saturated carbocycles. The minimum Gasteiger partial charge on any atom is -0.207 e. The number of rotatable bonds is 3. The Bertz CT molecular complexity index is 505. The van der Waals surface area contributed by atoms with Gasteiger partial charge in [-0.3, -0.25) is 0 Å². The number of sulfonamides is 1. The third-order valence-electron chi connectivity index (χ3n) is 1.57. The van der Waals surface area contributed by atoms with Gasteiger partial charge in [-0.15, -0.1) is 6.42 Å². The maximum atomic E-state index is 11.6. The first-order chi connectivity index (χ1) is 6.99. The predicted octanol–water partition coefficient (Wildman–Crippen LogP) is 1.90. The molecule has 0 saturated heterocycles. The number of hydrogen-bond acceptors (Lipinski definition) is 2. The highest BCUT2D eigenvalue weighted by Crippen LogP contribution is 2.28. The van der Waals surface area contributed by atoms with Crippen LogP contribution in [-0.4, -0.2) is 15.0 Å². The van der Waals surface area contributed by atoms with Crippen molar-refractivity contribution in [2.45, 2.75) is 4.90 Å². The van der Waals surface area contributed by atoms with E-state index in [4.69, 9.17) is 29.6 Å². The highest BCUT2D eigenvalue weighted by atomic mass is 35.5. The molecule has 0 aliphatic heterocycles. The topological polar surface area (TPSA) is 46.2 Å². The molecule has 0 aliphatic rings. The average Bonchev–Trinajstić information content (AvgIpc) is 2.19. The van der Waals surface area contributed by atoms with E-state index in [0.717, 1.165) is 0 Å². The lowest BCUT2D eigenvalue weighted by molar-refractivity contribution is 0.586. The van der Waals surface area contributed by atoms with Gasteiger partial charge in [0.2, 0.25) is 10.0 Å². The average molecular weight is 264 g/mol. The SMILES string of the molecule is C#CCNS(=O)(=O)c1cccc(Cl)c1Cl. The van der Waals surface area contributed by atoms with Crippen LogP contribution < -0.4 is 4.72 Å². The van der Waals surface area contributed by atoms with Gasteiger partial charge in [-0.2, -0.15) is 4.72 Å². The molecule has 1 rings (SSSR count). The summed E-state index contributed by atoms with van der Waals surface area (Å²) < 4.78 is 25.4. The van der Waals surface area contributed by atoms with E-state index in [2.05, 4.69) is 10.6 Å². The van der Waals surface area contributed by atoms with Gasteiger partial charge in [-0.05, 0) is 12.1 Å². The Morgan fingerprint density at radius 1 is 1.40 bits per heavy atom. The highest BCUT2D eigenvalue weighted by Gasteiger charge is 2.18. The van der Waals surface area contributed by atoms with Gasteiger partial charge in [-0.25, -0.2) is 8.42 Å². The van der Waals surface area contributed by atoms with Gasteiger partial charge in [0.15, 0.2) is 0 Å². The molecule has 15 heavy (non-hydrogen) atoms. The molecule has 0 fully saturated rings. The molecule has 0 radical (unpaired) electrons. The Balaban J connectivity index is 3.17. The van der Waals surface area contributed by atoms with Crippen molar-refractivity contribution in [3.05, 3.63) is 28.2 Å². The molecule has 0 atom stereocenters. The van der Waals surface area contributed by atoms with Gasteiger partial charge >= 0.3 is 0 Å². The first-order valence-corrected chi connectivity index (χ1v) is 6.10. The second kappa shape index (κ2) is 4.86. The molecule has 0 unspecified atom stereocenters. The Morgan fingerprint density at radius 2 is 2.07 bits per heavy atom. The van der Waals surface area contributed by atoms with Crippen molar-refractivity contribution in [2.75, 3.05) is 6.54 Å². The lowest BCUT2D eigenvalue weighted by Crippen LogP contribution is -2.24. The molecule has 1 aromatic carbocycles. The zero-order chi connectivity index (χ0) is 11.5. The van der Waals surface area contributed by atoms with Crippen LogP contribution in [0.15, 0.2) is 23.1 Å². The molecule has 0 amide bonds. The summed E-state index contributed by atoms with van der Waals surface area (Å²) in [5, 5.41) is 0.170. The normalized spacial score (nSPS) is 11.0. The number of nitrogens with one attached hydrogen (secondary N) is 1. The zero-order valence-electron chi connectivity index (χ0n) is 7.50. The van der Waals surface area contributed by atoms with Crippen molar-refractivity contribution in [1.29, 1.82) is 0 Å². The standard InChI is InChI=1S/C9H7Cl2NO2S/c1-2-6-12-15(13,14)8-5-3-4-7(10)9(8)11/h1,3-5,12H,6H2. The molecule has 1 N–H and O–H groups in total. The summed E-state index contributed by atoms with van der Waals surface area (Å²) in [5.41, 5.74) is 0. The minimum absolute atomic E-state index is 0.0105. The van der Waals surface area contributed by atoms with Crippen LogP contribution in [0.1, 0.15) is 0 Å². The quantitative estimate of drug-likeness (QED) is 0.847. The summed E-state index contributed by atoms with van der Waals surface area (Å²) in [6, 6.07) is 4.36. The van der Waals surface area contributed by atoms with Gasteiger partial charge < -0.3 is 0 Å². The Kier molecular flexibility index (Phi) is 4.00. The summed E-state index contributed by atoms with van der Waals surface area (Å²) in [6.07, 6.45) is 4.95. The summed E-state index contributed by atoms with van der Waals surface area (Å²) in [6.45, 7) is -0.0921. The lowest BCUT2D eigenvalue weighted by Gasteiger charge is -2.06. The fraction of sp³-hybridized carbons (Fsp3) is 0.111. The fourth-order valence-electron chi connectivity index (χ4n) is 0.906. The summed E-state index contributed by atoms with van der Waals surface area (Å²) in [7, 11) is -3.68. The third-order valence-corrected chi connectivity index (χ3v) is 3.94. The maximum Gasteiger partial charge on any atom is 0.242 e. The minimum atomic E-state index is -3.68. The lowest BCUT2D eigenvalue weighted by atomic mass is 10.4. The Hall–Kier alpha value is -0.730. The van der Waals surface area contributed by atoms with E-state index in [1.807, 2.05) is 0 Å². The van der Waals surface area contributed by atoms with E-state index in [9.17, 15) is 8.42 Å². The van der Waals surface area contributed by atoms with Crippen molar-refractivity contribution in [2.24, 2.45) is 0 Å². The smallest absolute Gasteiger partial charge is 0.207 e. The van der Waals surface area contributed by atoms with E-state index >= 15 is 0 Å². The number of halogens is 2. The molecular formula is C9H7Cl2NO2S. The maximum absolute atomic E-state index is 11.6. The third kappa shape index (κ3) is 2.86.